The summed E-state index contributed by atoms with van der Waals surface area (Å²) >= 11 is 12.1. The Kier molecular flexibility index (Phi) is 4.92. The number of fused-ring (bicyclic) bond motifs is 1. The molecule has 0 aliphatic carbocycles. The Hall–Kier alpha value is -2.69. The number of rotatable bonds is 3. The molecule has 1 unspecified atom stereocenters. The highest BCUT2D eigenvalue weighted by Crippen LogP contribution is 2.20. The van der Waals surface area contributed by atoms with Crippen LogP contribution in [0.3, 0.4) is 0 Å². The van der Waals surface area contributed by atoms with Gasteiger partial charge in [0.25, 0.3) is 5.56 Å². The van der Waals surface area contributed by atoms with Gasteiger partial charge in [-0.1, -0.05) is 41.4 Å². The number of carbonyl (C=O) groups excluding carboxylic acids is 1. The monoisotopic (exact) mass is 410 g/mol. The molecule has 0 bridgehead atoms. The lowest BCUT2D eigenvalue weighted by Gasteiger charge is -2.16. The topological polar surface area (TPSA) is 51.4 Å². The van der Waals surface area contributed by atoms with E-state index in [2.05, 4.69) is 4.99 Å². The van der Waals surface area contributed by atoms with Crippen LogP contribution in [-0.4, -0.2) is 16.9 Å². The van der Waals surface area contributed by atoms with Crippen molar-refractivity contribution in [3.63, 3.8) is 0 Å². The van der Waals surface area contributed by atoms with Gasteiger partial charge in [-0.3, -0.25) is 19.1 Å². The fraction of sp³-hybridized carbons (Fsp3) is 0.136. The van der Waals surface area contributed by atoms with Crippen LogP contribution in [0, 0.1) is 5.92 Å². The van der Waals surface area contributed by atoms with E-state index in [4.69, 9.17) is 23.2 Å². The predicted molar refractivity (Wildman–Crippen MR) is 112 cm³/mol. The molecule has 2 aromatic carbocycles. The van der Waals surface area contributed by atoms with Gasteiger partial charge in [0.15, 0.2) is 5.78 Å². The first-order valence-electron chi connectivity index (χ1n) is 8.76. The van der Waals surface area contributed by atoms with Crippen molar-refractivity contribution < 1.29 is 4.79 Å². The highest BCUT2D eigenvalue weighted by atomic mass is 35.5. The number of aromatic nitrogens is 1. The van der Waals surface area contributed by atoms with Crippen LogP contribution in [0.5, 0.6) is 0 Å². The number of hydrogen-bond donors (Lipinski definition) is 0. The van der Waals surface area contributed by atoms with Crippen molar-refractivity contribution in [3.05, 3.63) is 91.3 Å². The second kappa shape index (κ2) is 7.38. The van der Waals surface area contributed by atoms with E-state index in [9.17, 15) is 9.59 Å². The molecule has 0 amide bonds. The molecule has 3 aromatic rings. The molecule has 140 valence electrons. The molecule has 0 saturated heterocycles. The van der Waals surface area contributed by atoms with Gasteiger partial charge in [0.1, 0.15) is 5.49 Å². The minimum atomic E-state index is -0.413. The Morgan fingerprint density at radius 3 is 2.54 bits per heavy atom. The van der Waals surface area contributed by atoms with Gasteiger partial charge in [0, 0.05) is 33.9 Å². The first-order chi connectivity index (χ1) is 13.4. The van der Waals surface area contributed by atoms with Gasteiger partial charge < -0.3 is 0 Å². The van der Waals surface area contributed by atoms with Gasteiger partial charge in [-0.2, -0.15) is 0 Å². The normalized spacial score (nSPS) is 15.3. The summed E-state index contributed by atoms with van der Waals surface area (Å²) < 4.78 is 1.50. The van der Waals surface area contributed by atoms with Crippen molar-refractivity contribution in [1.29, 1.82) is 0 Å². The minimum Gasteiger partial charge on any atom is -0.296 e. The van der Waals surface area contributed by atoms with Gasteiger partial charge in [0.2, 0.25) is 0 Å². The summed E-state index contributed by atoms with van der Waals surface area (Å²) in [5, 5.41) is 1.92. The highest BCUT2D eigenvalue weighted by Gasteiger charge is 2.21. The van der Waals surface area contributed by atoms with Gasteiger partial charge in [-0.25, -0.2) is 0 Å². The molecule has 4 rings (SSSR count). The van der Waals surface area contributed by atoms with Gasteiger partial charge in [-0.15, -0.1) is 0 Å². The van der Waals surface area contributed by atoms with Crippen LogP contribution in [0.1, 0.15) is 10.4 Å². The predicted octanol–water partition coefficient (Wildman–Crippen LogP) is 3.27. The maximum absolute atomic E-state index is 13.0. The van der Waals surface area contributed by atoms with E-state index >= 15 is 0 Å². The number of pyridine rings is 1. The van der Waals surface area contributed by atoms with Gasteiger partial charge in [0.05, 0.1) is 12.5 Å². The van der Waals surface area contributed by atoms with Crippen molar-refractivity contribution in [2.45, 2.75) is 0 Å². The van der Waals surface area contributed by atoms with Crippen LogP contribution < -0.4 is 16.3 Å². The summed E-state index contributed by atoms with van der Waals surface area (Å²) in [5.41, 5.74) is 2.53. The van der Waals surface area contributed by atoms with Crippen molar-refractivity contribution in [3.8, 4) is 11.1 Å². The Labute approximate surface area is 171 Å². The third-order valence-corrected chi connectivity index (χ3v) is 5.34. The Morgan fingerprint density at radius 2 is 1.82 bits per heavy atom. The molecule has 0 radical (unpaired) electrons. The molecule has 0 saturated carbocycles. The summed E-state index contributed by atoms with van der Waals surface area (Å²) in [7, 11) is 1.68. The maximum atomic E-state index is 13.0. The lowest BCUT2D eigenvalue weighted by atomic mass is 9.93. The van der Waals surface area contributed by atoms with Crippen LogP contribution >= 0.6 is 23.2 Å². The molecular weight excluding hydrogens is 395 g/mol. The summed E-state index contributed by atoms with van der Waals surface area (Å²) in [5.74, 6) is -0.443. The molecule has 1 aliphatic heterocycles. The third kappa shape index (κ3) is 3.41. The van der Waals surface area contributed by atoms with Crippen molar-refractivity contribution in [2.24, 2.45) is 18.0 Å². The first-order valence-corrected chi connectivity index (χ1v) is 9.52. The van der Waals surface area contributed by atoms with Crippen molar-refractivity contribution in [1.82, 2.24) is 4.57 Å². The second-order valence-electron chi connectivity index (χ2n) is 6.69. The first kappa shape index (κ1) is 18.7. The molecule has 0 spiro atoms. The van der Waals surface area contributed by atoms with Crippen molar-refractivity contribution >= 4 is 35.1 Å². The molecule has 1 aromatic heterocycles. The van der Waals surface area contributed by atoms with E-state index in [1.165, 1.54) is 4.57 Å². The lowest BCUT2D eigenvalue weighted by molar-refractivity contribution is 0.0954. The minimum absolute atomic E-state index is 0.0306. The molecule has 6 heteroatoms. The number of ketones is 1. The van der Waals surface area contributed by atoms with Crippen LogP contribution in [0.4, 0.5) is 0 Å². The fourth-order valence-corrected chi connectivity index (χ4v) is 3.70. The smallest absolute Gasteiger partial charge is 0.252 e. The SMILES string of the molecule is Cn1c(=O)cc(-c2cccc(Cl)c2)c2c1=NCC(C(=O)c1ccc(Cl)cc1)C=2. The van der Waals surface area contributed by atoms with Gasteiger partial charge >= 0.3 is 0 Å². The molecule has 0 N–H and O–H groups in total. The zero-order valence-electron chi connectivity index (χ0n) is 15.0. The van der Waals surface area contributed by atoms with E-state index in [1.54, 1.807) is 49.5 Å². The van der Waals surface area contributed by atoms with Gasteiger partial charge in [-0.05, 0) is 47.5 Å². The Bertz CT molecular complexity index is 1260. The van der Waals surface area contributed by atoms with Crippen LogP contribution in [0.25, 0.3) is 17.2 Å². The molecular formula is C22H16Cl2N2O2. The fourth-order valence-electron chi connectivity index (χ4n) is 3.38. The number of carbonyl (C=O) groups is 1. The van der Waals surface area contributed by atoms with E-state index < -0.39 is 5.92 Å². The van der Waals surface area contributed by atoms with Crippen molar-refractivity contribution in [2.75, 3.05) is 6.54 Å². The standard InChI is InChI=1S/C22H16Cl2N2O2/c1-26-20(27)11-18(14-3-2-4-17(24)9-14)19-10-15(12-25-22(19)26)21(28)13-5-7-16(23)8-6-13/h2-11,15H,12H2,1H3. The van der Waals surface area contributed by atoms with E-state index in [1.807, 2.05) is 18.2 Å². The quantitative estimate of drug-likeness (QED) is 0.622. The van der Waals surface area contributed by atoms with Crippen LogP contribution in [-0.2, 0) is 7.05 Å². The third-order valence-electron chi connectivity index (χ3n) is 4.85. The van der Waals surface area contributed by atoms with E-state index in [-0.39, 0.29) is 11.3 Å². The molecule has 28 heavy (non-hydrogen) atoms. The van der Waals surface area contributed by atoms with E-state index in [0.717, 1.165) is 16.3 Å². The number of nitrogens with zero attached hydrogens (tertiary/aromatic N) is 2. The molecule has 4 nitrogen and oxygen atoms in total. The zero-order chi connectivity index (χ0) is 19.8. The maximum Gasteiger partial charge on any atom is 0.252 e. The molecule has 1 atom stereocenters. The summed E-state index contributed by atoms with van der Waals surface area (Å²) in [4.78, 5) is 29.9. The summed E-state index contributed by atoms with van der Waals surface area (Å²) in [6.07, 6.45) is 1.90. The molecule has 2 heterocycles. The summed E-state index contributed by atoms with van der Waals surface area (Å²) in [6, 6.07) is 15.7. The molecule has 1 aliphatic rings. The number of benzene rings is 2. The summed E-state index contributed by atoms with van der Waals surface area (Å²) in [6.45, 7) is 0.292. The van der Waals surface area contributed by atoms with Crippen LogP contribution in [0.15, 0.2) is 64.4 Å². The largest absolute Gasteiger partial charge is 0.296 e. The van der Waals surface area contributed by atoms with Crippen LogP contribution in [0.2, 0.25) is 10.0 Å². The Balaban J connectivity index is 1.89. The number of halogens is 2. The van der Waals surface area contributed by atoms with E-state index in [0.29, 0.717) is 27.6 Å². The Morgan fingerprint density at radius 1 is 1.07 bits per heavy atom. The lowest BCUT2D eigenvalue weighted by Crippen LogP contribution is -2.46. The molecule has 0 fully saturated rings. The highest BCUT2D eigenvalue weighted by molar-refractivity contribution is 6.31. The average molecular weight is 411 g/mol. The second-order valence-corrected chi connectivity index (χ2v) is 7.56. The average Bonchev–Trinajstić information content (AvgIpc) is 2.70. The number of hydrogen-bond acceptors (Lipinski definition) is 3. The number of Topliss-reactive ketones (excluding diaryl/α,β-unsaturated/α-hetero) is 1. The zero-order valence-corrected chi connectivity index (χ0v) is 16.5.